The largest absolute Gasteiger partial charge is 0.451 e. The quantitative estimate of drug-likeness (QED) is 0.277. The molecule has 2 aliphatic carbocycles. The Balaban J connectivity index is 2.75. The van der Waals surface area contributed by atoms with Crippen molar-refractivity contribution in [1.82, 2.24) is 0 Å². The monoisotopic (exact) mass is 528 g/mol. The summed E-state index contributed by atoms with van der Waals surface area (Å²) in [5, 5.41) is 0. The van der Waals surface area contributed by atoms with Gasteiger partial charge in [-0.25, -0.2) is 8.78 Å². The molecule has 0 aromatic carbocycles. The second-order valence-corrected chi connectivity index (χ2v) is 9.82. The molecule has 2 aliphatic rings. The van der Waals surface area contributed by atoms with Crippen molar-refractivity contribution >= 4 is 5.97 Å². The molecule has 0 N–H and O–H groups in total. The standard InChI is InChI=1S/C19H21F13O2/c1-6-11(4,5)7-12(8(2)3,19(30,31)32)10(33)34-9-13(20)16(24,25)15(23,14(9,21)22)18(28,29)17(13,26)27/h8-9H,6-7H2,1-5H3. The van der Waals surface area contributed by atoms with Crippen LogP contribution in [0, 0.1) is 16.7 Å². The summed E-state index contributed by atoms with van der Waals surface area (Å²) in [6.07, 6.45) is -12.0. The van der Waals surface area contributed by atoms with Crippen LogP contribution in [0.15, 0.2) is 0 Å². The van der Waals surface area contributed by atoms with E-state index < -0.39 is 76.4 Å². The van der Waals surface area contributed by atoms with Gasteiger partial charge in [0.15, 0.2) is 5.41 Å². The van der Waals surface area contributed by atoms with E-state index in [9.17, 15) is 61.9 Å². The minimum atomic E-state index is -7.01. The molecule has 2 bridgehead atoms. The van der Waals surface area contributed by atoms with E-state index in [1.54, 1.807) is 0 Å². The fraction of sp³-hybridized carbons (Fsp3) is 0.947. The Morgan fingerprint density at radius 2 is 1.29 bits per heavy atom. The average Bonchev–Trinajstić information content (AvgIpc) is 2.78. The minimum Gasteiger partial charge on any atom is -0.451 e. The first kappa shape index (κ1) is 28.8. The molecule has 2 fully saturated rings. The molecule has 0 heterocycles. The highest BCUT2D eigenvalue weighted by Gasteiger charge is 3.13. The van der Waals surface area contributed by atoms with E-state index in [2.05, 4.69) is 4.74 Å². The van der Waals surface area contributed by atoms with Crippen LogP contribution in [0.4, 0.5) is 57.1 Å². The van der Waals surface area contributed by atoms with E-state index in [1.165, 1.54) is 20.8 Å². The Morgan fingerprint density at radius 1 is 0.853 bits per heavy atom. The number of hydrogen-bond acceptors (Lipinski definition) is 2. The van der Waals surface area contributed by atoms with Crippen LogP contribution < -0.4 is 0 Å². The average molecular weight is 528 g/mol. The Hall–Kier alpha value is -1.44. The second kappa shape index (κ2) is 7.07. The molecule has 0 saturated heterocycles. The van der Waals surface area contributed by atoms with Gasteiger partial charge in [0.2, 0.25) is 6.10 Å². The van der Waals surface area contributed by atoms with Crippen molar-refractivity contribution in [1.29, 1.82) is 0 Å². The number of esters is 1. The maximum atomic E-state index is 14.9. The van der Waals surface area contributed by atoms with Gasteiger partial charge >= 0.3 is 41.5 Å². The van der Waals surface area contributed by atoms with Crippen molar-refractivity contribution in [3.63, 3.8) is 0 Å². The number of fused-ring (bicyclic) bond motifs is 2. The van der Waals surface area contributed by atoms with Crippen LogP contribution in [0.2, 0.25) is 0 Å². The molecule has 200 valence electrons. The highest BCUT2D eigenvalue weighted by Crippen LogP contribution is 2.79. The molecule has 0 spiro atoms. The first-order valence-corrected chi connectivity index (χ1v) is 9.89. The number of ether oxygens (including phenoxy) is 1. The van der Waals surface area contributed by atoms with Crippen LogP contribution in [-0.2, 0) is 9.53 Å². The molecule has 2 rings (SSSR count). The van der Waals surface area contributed by atoms with Gasteiger partial charge in [0.25, 0.3) is 5.67 Å². The van der Waals surface area contributed by atoms with Crippen molar-refractivity contribution in [3.8, 4) is 0 Å². The molecule has 0 amide bonds. The first-order valence-electron chi connectivity index (χ1n) is 9.89. The third-order valence-electron chi connectivity index (χ3n) is 7.12. The molecule has 34 heavy (non-hydrogen) atoms. The molecule has 15 heteroatoms. The van der Waals surface area contributed by atoms with Crippen molar-refractivity contribution in [2.45, 2.75) is 94.8 Å². The number of hydrogen-bond donors (Lipinski definition) is 0. The SMILES string of the molecule is CCC(C)(C)CC(C(=O)OC1C(F)(F)C2(F)C(F)(F)C(F)(F)C1(F)C2(F)F)(C(C)C)C(F)(F)F. The Morgan fingerprint density at radius 3 is 1.62 bits per heavy atom. The lowest BCUT2D eigenvalue weighted by Gasteiger charge is -2.45. The number of rotatable bonds is 6. The van der Waals surface area contributed by atoms with Gasteiger partial charge in [-0.2, -0.15) is 48.3 Å². The summed E-state index contributed by atoms with van der Waals surface area (Å²) in [6.45, 7) is 5.21. The summed E-state index contributed by atoms with van der Waals surface area (Å²) < 4.78 is 188. The molecular formula is C19H21F13O2. The zero-order valence-corrected chi connectivity index (χ0v) is 18.3. The highest BCUT2D eigenvalue weighted by atomic mass is 19.4. The summed E-state index contributed by atoms with van der Waals surface area (Å²) in [7, 11) is 0. The number of carbonyl (C=O) groups is 1. The first-order chi connectivity index (χ1) is 14.7. The normalized spacial score (nSPS) is 35.3. The van der Waals surface area contributed by atoms with Crippen molar-refractivity contribution in [3.05, 3.63) is 0 Å². The van der Waals surface area contributed by atoms with E-state index in [0.29, 0.717) is 0 Å². The van der Waals surface area contributed by atoms with Crippen LogP contribution in [0.5, 0.6) is 0 Å². The maximum absolute atomic E-state index is 14.9. The summed E-state index contributed by atoms with van der Waals surface area (Å²) in [4.78, 5) is 12.7. The van der Waals surface area contributed by atoms with Gasteiger partial charge in [-0.15, -0.1) is 0 Å². The Labute approximate surface area is 185 Å². The molecule has 0 radical (unpaired) electrons. The lowest BCUT2D eigenvalue weighted by Crippen LogP contribution is -2.72. The summed E-state index contributed by atoms with van der Waals surface area (Å²) in [6, 6.07) is 0. The van der Waals surface area contributed by atoms with E-state index in [1.807, 2.05) is 0 Å². The number of alkyl halides is 13. The van der Waals surface area contributed by atoms with E-state index in [-0.39, 0.29) is 6.42 Å². The Bertz CT molecular complexity index is 850. The molecule has 4 unspecified atom stereocenters. The molecule has 0 aliphatic heterocycles. The van der Waals surface area contributed by atoms with Gasteiger partial charge in [0.05, 0.1) is 0 Å². The molecule has 0 aromatic rings. The van der Waals surface area contributed by atoms with Gasteiger partial charge in [-0.3, -0.25) is 4.79 Å². The number of halogens is 13. The molecule has 2 saturated carbocycles. The van der Waals surface area contributed by atoms with Gasteiger partial charge < -0.3 is 4.74 Å². The van der Waals surface area contributed by atoms with E-state index >= 15 is 0 Å². The predicted octanol–water partition coefficient (Wildman–Crippen LogP) is 6.91. The summed E-state index contributed by atoms with van der Waals surface area (Å²) in [5.74, 6) is -32.1. The third kappa shape index (κ3) is 2.75. The maximum Gasteiger partial charge on any atom is 0.405 e. The van der Waals surface area contributed by atoms with E-state index in [0.717, 1.165) is 13.8 Å². The van der Waals surface area contributed by atoms with Crippen molar-refractivity contribution < 1.29 is 66.6 Å². The van der Waals surface area contributed by atoms with Gasteiger partial charge in [-0.05, 0) is 17.8 Å². The highest BCUT2D eigenvalue weighted by molar-refractivity contribution is 5.79. The van der Waals surface area contributed by atoms with E-state index in [4.69, 9.17) is 0 Å². The third-order valence-corrected chi connectivity index (χ3v) is 7.12. The van der Waals surface area contributed by atoms with Crippen LogP contribution in [-0.4, -0.2) is 53.3 Å². The van der Waals surface area contributed by atoms with Crippen LogP contribution >= 0.6 is 0 Å². The summed E-state index contributed by atoms with van der Waals surface area (Å²) >= 11 is 0. The molecular weight excluding hydrogens is 507 g/mol. The van der Waals surface area contributed by atoms with Gasteiger partial charge in [0, 0.05) is 0 Å². The number of carbonyl (C=O) groups excluding carboxylic acids is 1. The van der Waals surface area contributed by atoms with Crippen molar-refractivity contribution in [2.75, 3.05) is 0 Å². The van der Waals surface area contributed by atoms with Crippen LogP contribution in [0.3, 0.4) is 0 Å². The zero-order valence-electron chi connectivity index (χ0n) is 18.3. The Kier molecular flexibility index (Phi) is 5.99. The lowest BCUT2D eigenvalue weighted by atomic mass is 9.65. The smallest absolute Gasteiger partial charge is 0.405 e. The zero-order chi connectivity index (χ0) is 27.4. The fourth-order valence-electron chi connectivity index (χ4n) is 4.57. The second-order valence-electron chi connectivity index (χ2n) is 9.82. The fourth-order valence-corrected chi connectivity index (χ4v) is 4.57. The van der Waals surface area contributed by atoms with Crippen LogP contribution in [0.1, 0.15) is 47.5 Å². The van der Waals surface area contributed by atoms with Crippen molar-refractivity contribution in [2.24, 2.45) is 16.7 Å². The predicted molar refractivity (Wildman–Crippen MR) is 89.4 cm³/mol. The minimum absolute atomic E-state index is 0.0760. The molecule has 0 aromatic heterocycles. The lowest BCUT2D eigenvalue weighted by molar-refractivity contribution is -0.364. The van der Waals surface area contributed by atoms with Gasteiger partial charge in [-0.1, -0.05) is 41.0 Å². The van der Waals surface area contributed by atoms with Gasteiger partial charge in [0.1, 0.15) is 0 Å². The summed E-state index contributed by atoms with van der Waals surface area (Å²) in [5.41, 5.74) is -18.7. The molecule has 4 atom stereocenters. The molecule has 2 nitrogen and oxygen atoms in total. The topological polar surface area (TPSA) is 26.3 Å². The van der Waals surface area contributed by atoms with Crippen LogP contribution in [0.25, 0.3) is 0 Å².